The van der Waals surface area contributed by atoms with Gasteiger partial charge in [0.25, 0.3) is 0 Å². The summed E-state index contributed by atoms with van der Waals surface area (Å²) >= 11 is 6.16. The van der Waals surface area contributed by atoms with Crippen LogP contribution in [-0.2, 0) is 14.3 Å². The van der Waals surface area contributed by atoms with Gasteiger partial charge in [0.15, 0.2) is 5.60 Å². The molecule has 0 unspecified atom stereocenters. The summed E-state index contributed by atoms with van der Waals surface area (Å²) in [6.45, 7) is 0. The molecule has 0 bridgehead atoms. The molecule has 0 atom stereocenters. The Morgan fingerprint density at radius 2 is 2.09 bits per heavy atom. The highest BCUT2D eigenvalue weighted by molar-refractivity contribution is 6.30. The third kappa shape index (κ3) is 2.91. The Balaban J connectivity index is 1.90. The van der Waals surface area contributed by atoms with Crippen molar-refractivity contribution in [3.63, 3.8) is 0 Å². The summed E-state index contributed by atoms with van der Waals surface area (Å²) in [5, 5.41) is 1.45. The maximum Gasteiger partial charge on any atom is 0.338 e. The first kappa shape index (κ1) is 16.1. The summed E-state index contributed by atoms with van der Waals surface area (Å²) in [5.74, 6) is -0.0977. The molecule has 3 rings (SSSR count). The van der Waals surface area contributed by atoms with Crippen molar-refractivity contribution >= 4 is 28.5 Å². The molecule has 5 nitrogen and oxygen atoms in total. The lowest BCUT2D eigenvalue weighted by molar-refractivity contribution is -0.170. The fourth-order valence-corrected chi connectivity index (χ4v) is 3.61. The average Bonchev–Trinajstić information content (AvgIpc) is 2.60. The second-order valence-corrected chi connectivity index (χ2v) is 6.26. The number of carbonyl (C=O) groups is 1. The number of rotatable bonds is 3. The lowest BCUT2D eigenvalue weighted by Crippen LogP contribution is -2.44. The van der Waals surface area contributed by atoms with Crippen molar-refractivity contribution in [2.75, 3.05) is 14.2 Å². The van der Waals surface area contributed by atoms with Crippen LogP contribution in [0, 0.1) is 0 Å². The Morgan fingerprint density at radius 1 is 1.35 bits per heavy atom. The Bertz CT molecular complexity index is 727. The van der Waals surface area contributed by atoms with E-state index >= 15 is 0 Å². The second kappa shape index (κ2) is 6.42. The highest BCUT2D eigenvalue weighted by atomic mass is 35.5. The molecule has 0 spiro atoms. The van der Waals surface area contributed by atoms with Crippen molar-refractivity contribution in [3.8, 4) is 0 Å². The summed E-state index contributed by atoms with van der Waals surface area (Å²) in [5.41, 5.74) is 0.945. The molecule has 1 aliphatic rings. The molecular formula is C17H19ClN2O3. The number of aromatic nitrogens is 2. The van der Waals surface area contributed by atoms with E-state index in [0.717, 1.165) is 29.4 Å². The van der Waals surface area contributed by atoms with Crippen LogP contribution in [0.15, 0.2) is 24.4 Å². The number of methoxy groups -OCH3 is 2. The van der Waals surface area contributed by atoms with Gasteiger partial charge in [0.2, 0.25) is 0 Å². The van der Waals surface area contributed by atoms with E-state index in [0.29, 0.717) is 18.0 Å². The predicted molar refractivity (Wildman–Crippen MR) is 87.5 cm³/mol. The van der Waals surface area contributed by atoms with Gasteiger partial charge in [0, 0.05) is 24.6 Å². The summed E-state index contributed by atoms with van der Waals surface area (Å²) < 4.78 is 10.4. The standard InChI is InChI=1S/C17H19ClN2O3/c1-22-16(21)17(23-2)7-5-11(6-8-17)15-14-12(4-3-9-19-14)10-13(18)20-15/h3-4,9-11H,5-8H2,1-2H3. The highest BCUT2D eigenvalue weighted by Crippen LogP contribution is 2.41. The minimum atomic E-state index is -0.840. The molecule has 6 heteroatoms. The summed E-state index contributed by atoms with van der Waals surface area (Å²) in [7, 11) is 2.96. The van der Waals surface area contributed by atoms with Crippen LogP contribution in [0.2, 0.25) is 5.15 Å². The Labute approximate surface area is 140 Å². The minimum absolute atomic E-state index is 0.207. The van der Waals surface area contributed by atoms with Gasteiger partial charge in [-0.1, -0.05) is 17.7 Å². The number of hydrogen-bond donors (Lipinski definition) is 0. The molecule has 0 radical (unpaired) electrons. The number of fused-ring (bicyclic) bond motifs is 1. The normalized spacial score (nSPS) is 24.6. The lowest BCUT2D eigenvalue weighted by atomic mass is 9.77. The number of halogens is 1. The van der Waals surface area contributed by atoms with Crippen LogP contribution in [-0.4, -0.2) is 35.8 Å². The van der Waals surface area contributed by atoms with Crippen LogP contribution in [0.3, 0.4) is 0 Å². The Hall–Kier alpha value is -1.72. The van der Waals surface area contributed by atoms with Gasteiger partial charge in [-0.15, -0.1) is 0 Å². The van der Waals surface area contributed by atoms with E-state index in [2.05, 4.69) is 9.97 Å². The smallest absolute Gasteiger partial charge is 0.338 e. The van der Waals surface area contributed by atoms with E-state index in [-0.39, 0.29) is 11.9 Å². The topological polar surface area (TPSA) is 61.3 Å². The van der Waals surface area contributed by atoms with Crippen LogP contribution in [0.25, 0.3) is 10.9 Å². The van der Waals surface area contributed by atoms with Crippen molar-refractivity contribution in [1.82, 2.24) is 9.97 Å². The molecule has 0 N–H and O–H groups in total. The van der Waals surface area contributed by atoms with E-state index in [1.807, 2.05) is 18.2 Å². The molecule has 1 fully saturated rings. The fourth-order valence-electron chi connectivity index (χ4n) is 3.40. The maximum absolute atomic E-state index is 12.0. The van der Waals surface area contributed by atoms with E-state index in [1.54, 1.807) is 13.3 Å². The average molecular weight is 335 g/mol. The van der Waals surface area contributed by atoms with Crippen LogP contribution in [0.4, 0.5) is 0 Å². The SMILES string of the molecule is COC(=O)C1(OC)CCC(c2nc(Cl)cc3cccnc23)CC1. The van der Waals surface area contributed by atoms with Gasteiger partial charge in [-0.2, -0.15) is 0 Å². The summed E-state index contributed by atoms with van der Waals surface area (Å²) in [6, 6.07) is 5.69. The van der Waals surface area contributed by atoms with Crippen molar-refractivity contribution in [1.29, 1.82) is 0 Å². The molecule has 2 heterocycles. The number of esters is 1. The zero-order chi connectivity index (χ0) is 16.4. The Kier molecular flexibility index (Phi) is 4.50. The van der Waals surface area contributed by atoms with Gasteiger partial charge >= 0.3 is 5.97 Å². The first-order valence-corrected chi connectivity index (χ1v) is 8.02. The highest BCUT2D eigenvalue weighted by Gasteiger charge is 2.44. The van der Waals surface area contributed by atoms with Gasteiger partial charge in [-0.3, -0.25) is 4.98 Å². The number of nitrogens with zero attached hydrogens (tertiary/aromatic N) is 2. The maximum atomic E-state index is 12.0. The number of ether oxygens (including phenoxy) is 2. The van der Waals surface area contributed by atoms with Gasteiger partial charge < -0.3 is 9.47 Å². The van der Waals surface area contributed by atoms with Crippen LogP contribution in [0.5, 0.6) is 0 Å². The Morgan fingerprint density at radius 3 is 2.74 bits per heavy atom. The van der Waals surface area contributed by atoms with Crippen LogP contribution < -0.4 is 0 Å². The van der Waals surface area contributed by atoms with E-state index < -0.39 is 5.60 Å². The van der Waals surface area contributed by atoms with Crippen LogP contribution in [0.1, 0.15) is 37.3 Å². The molecule has 0 amide bonds. The van der Waals surface area contributed by atoms with Crippen LogP contribution >= 0.6 is 11.6 Å². The summed E-state index contributed by atoms with van der Waals surface area (Å²) in [4.78, 5) is 21.0. The number of hydrogen-bond acceptors (Lipinski definition) is 5. The molecule has 1 aliphatic carbocycles. The number of pyridine rings is 2. The van der Waals surface area contributed by atoms with Gasteiger partial charge in [0.05, 0.1) is 18.3 Å². The molecule has 0 aromatic carbocycles. The van der Waals surface area contributed by atoms with Crippen molar-refractivity contribution < 1.29 is 14.3 Å². The third-order valence-corrected chi connectivity index (χ3v) is 4.91. The van der Waals surface area contributed by atoms with E-state index in [1.165, 1.54) is 7.11 Å². The second-order valence-electron chi connectivity index (χ2n) is 5.87. The molecule has 0 aliphatic heterocycles. The molecule has 122 valence electrons. The zero-order valence-corrected chi connectivity index (χ0v) is 14.0. The van der Waals surface area contributed by atoms with E-state index in [4.69, 9.17) is 21.1 Å². The predicted octanol–water partition coefficient (Wildman–Crippen LogP) is 3.50. The molecular weight excluding hydrogens is 316 g/mol. The van der Waals surface area contributed by atoms with E-state index in [9.17, 15) is 4.79 Å². The van der Waals surface area contributed by atoms with Crippen molar-refractivity contribution in [3.05, 3.63) is 35.2 Å². The molecule has 1 saturated carbocycles. The quantitative estimate of drug-likeness (QED) is 0.635. The monoisotopic (exact) mass is 334 g/mol. The third-order valence-electron chi connectivity index (χ3n) is 4.71. The van der Waals surface area contributed by atoms with Crippen molar-refractivity contribution in [2.24, 2.45) is 0 Å². The number of carbonyl (C=O) groups excluding carboxylic acids is 1. The molecule has 2 aromatic rings. The van der Waals surface area contributed by atoms with Gasteiger partial charge in [-0.05, 0) is 37.8 Å². The fraction of sp³-hybridized carbons (Fsp3) is 0.471. The minimum Gasteiger partial charge on any atom is -0.467 e. The first-order chi connectivity index (χ1) is 11.1. The first-order valence-electron chi connectivity index (χ1n) is 7.64. The molecule has 0 saturated heterocycles. The largest absolute Gasteiger partial charge is 0.467 e. The molecule has 23 heavy (non-hydrogen) atoms. The summed E-state index contributed by atoms with van der Waals surface area (Å²) in [6.07, 6.45) is 4.52. The zero-order valence-electron chi connectivity index (χ0n) is 13.2. The molecule has 2 aromatic heterocycles. The van der Waals surface area contributed by atoms with Gasteiger partial charge in [-0.25, -0.2) is 9.78 Å². The van der Waals surface area contributed by atoms with Crippen molar-refractivity contribution in [2.45, 2.75) is 37.2 Å². The lowest BCUT2D eigenvalue weighted by Gasteiger charge is -2.36. The van der Waals surface area contributed by atoms with Gasteiger partial charge in [0.1, 0.15) is 5.15 Å².